The van der Waals surface area contributed by atoms with Crippen LogP contribution in [0.2, 0.25) is 0 Å². The topological polar surface area (TPSA) is 60.7 Å². The Bertz CT molecular complexity index is 830. The number of unbranched alkanes of at least 4 members (excludes halogenated alkanes) is 1. The third kappa shape index (κ3) is 4.97. The van der Waals surface area contributed by atoms with Gasteiger partial charge >= 0.3 is 0 Å². The smallest absolute Gasteiger partial charge is 0.126 e. The maximum Gasteiger partial charge on any atom is 0.126 e. The van der Waals surface area contributed by atoms with Crippen LogP contribution in [0.4, 0.5) is 0 Å². The Morgan fingerprint density at radius 1 is 0.593 bits per heavy atom. The van der Waals surface area contributed by atoms with Crippen LogP contribution in [0.15, 0.2) is 66.7 Å². The average molecular weight is 362 g/mol. The van der Waals surface area contributed by atoms with Gasteiger partial charge < -0.3 is 15.3 Å². The fourth-order valence-corrected chi connectivity index (χ4v) is 3.37. The first-order valence-corrected chi connectivity index (χ1v) is 9.41. The van der Waals surface area contributed by atoms with Crippen LogP contribution in [-0.2, 0) is 26.1 Å². The molecule has 3 aromatic carbocycles. The summed E-state index contributed by atoms with van der Waals surface area (Å²) in [5.74, 6) is 0.00209. The molecule has 0 aliphatic carbocycles. The number of hydrogen-bond acceptors (Lipinski definition) is 3. The summed E-state index contributed by atoms with van der Waals surface area (Å²) >= 11 is 0. The second-order valence-electron chi connectivity index (χ2n) is 6.85. The first-order chi connectivity index (χ1) is 13.2. The molecule has 3 nitrogen and oxygen atoms in total. The minimum Gasteiger partial charge on any atom is -0.507 e. The van der Waals surface area contributed by atoms with Gasteiger partial charge in [0.2, 0.25) is 0 Å². The van der Waals surface area contributed by atoms with Gasteiger partial charge in [-0.1, -0.05) is 54.6 Å². The summed E-state index contributed by atoms with van der Waals surface area (Å²) in [6.07, 6.45) is 3.96. The molecular weight excluding hydrogens is 336 g/mol. The fourth-order valence-electron chi connectivity index (χ4n) is 3.37. The first kappa shape index (κ1) is 19.2. The molecule has 0 saturated heterocycles. The van der Waals surface area contributed by atoms with E-state index < -0.39 is 0 Å². The number of aryl methyl sites for hydroxylation is 2. The normalized spacial score (nSPS) is 10.9. The molecule has 0 saturated carbocycles. The van der Waals surface area contributed by atoms with Crippen LogP contribution in [-0.4, -0.2) is 15.3 Å². The third-order valence-electron chi connectivity index (χ3n) is 4.91. The molecule has 0 atom stereocenters. The van der Waals surface area contributed by atoms with Gasteiger partial charge in [-0.3, -0.25) is 0 Å². The number of hydrogen-bond donors (Lipinski definition) is 3. The van der Waals surface area contributed by atoms with Gasteiger partial charge in [-0.2, -0.15) is 0 Å². The first-order valence-electron chi connectivity index (χ1n) is 9.41. The van der Waals surface area contributed by atoms with Gasteiger partial charge in [0, 0.05) is 11.1 Å². The highest BCUT2D eigenvalue weighted by Gasteiger charge is 2.09. The number of aliphatic hydroxyl groups excluding tert-OH is 2. The molecule has 0 radical (unpaired) electrons. The molecule has 3 heteroatoms. The molecule has 0 aliphatic heterocycles. The summed E-state index contributed by atoms with van der Waals surface area (Å²) in [5, 5.41) is 28.6. The van der Waals surface area contributed by atoms with E-state index in [0.717, 1.165) is 31.2 Å². The van der Waals surface area contributed by atoms with Crippen LogP contribution < -0.4 is 0 Å². The molecular formula is C24H26O3. The van der Waals surface area contributed by atoms with Crippen molar-refractivity contribution in [3.63, 3.8) is 0 Å². The number of aromatic hydroxyl groups is 1. The molecule has 0 spiro atoms. The zero-order valence-corrected chi connectivity index (χ0v) is 15.4. The molecule has 0 heterocycles. The Hall–Kier alpha value is -2.62. The Balaban J connectivity index is 1.53. The molecule has 0 bridgehead atoms. The van der Waals surface area contributed by atoms with Crippen LogP contribution in [0, 0.1) is 0 Å². The maximum absolute atomic E-state index is 9.92. The van der Waals surface area contributed by atoms with Gasteiger partial charge in [0.1, 0.15) is 5.75 Å². The molecule has 3 rings (SSSR count). The van der Waals surface area contributed by atoms with E-state index in [4.69, 9.17) is 0 Å². The fraction of sp³-hybridized carbons (Fsp3) is 0.250. The van der Waals surface area contributed by atoms with Crippen LogP contribution in [0.3, 0.4) is 0 Å². The van der Waals surface area contributed by atoms with Crippen molar-refractivity contribution in [1.82, 2.24) is 0 Å². The van der Waals surface area contributed by atoms with Crippen molar-refractivity contribution < 1.29 is 15.3 Å². The monoisotopic (exact) mass is 362 g/mol. The minimum atomic E-state index is -0.222. The van der Waals surface area contributed by atoms with Crippen molar-refractivity contribution in [1.29, 1.82) is 0 Å². The predicted molar refractivity (Wildman–Crippen MR) is 108 cm³/mol. The Morgan fingerprint density at radius 2 is 1.11 bits per heavy atom. The summed E-state index contributed by atoms with van der Waals surface area (Å²) in [5.41, 5.74) is 5.79. The number of benzene rings is 3. The maximum atomic E-state index is 9.92. The quantitative estimate of drug-likeness (QED) is 0.513. The highest BCUT2D eigenvalue weighted by molar-refractivity contribution is 5.63. The lowest BCUT2D eigenvalue weighted by atomic mass is 9.98. The number of phenols is 1. The van der Waals surface area contributed by atoms with Crippen LogP contribution in [0.25, 0.3) is 11.1 Å². The van der Waals surface area contributed by atoms with Gasteiger partial charge in [-0.15, -0.1) is 0 Å². The molecule has 3 N–H and O–H groups in total. The van der Waals surface area contributed by atoms with E-state index in [0.29, 0.717) is 11.1 Å². The van der Waals surface area contributed by atoms with Crippen molar-refractivity contribution in [3.8, 4) is 16.9 Å². The van der Waals surface area contributed by atoms with Crippen molar-refractivity contribution in [3.05, 3.63) is 89.0 Å². The Kier molecular flexibility index (Phi) is 6.64. The summed E-state index contributed by atoms with van der Waals surface area (Å²) < 4.78 is 0. The molecule has 0 fully saturated rings. The van der Waals surface area contributed by atoms with Crippen molar-refractivity contribution in [2.24, 2.45) is 0 Å². The molecule has 140 valence electrons. The molecule has 0 unspecified atom stereocenters. The van der Waals surface area contributed by atoms with Gasteiger partial charge in [-0.05, 0) is 60.1 Å². The number of aliphatic hydroxyl groups is 2. The largest absolute Gasteiger partial charge is 0.507 e. The van der Waals surface area contributed by atoms with E-state index in [9.17, 15) is 15.3 Å². The second-order valence-corrected chi connectivity index (χ2v) is 6.85. The van der Waals surface area contributed by atoms with Gasteiger partial charge in [0.15, 0.2) is 0 Å². The zero-order chi connectivity index (χ0) is 19.1. The lowest BCUT2D eigenvalue weighted by Gasteiger charge is -2.10. The lowest BCUT2D eigenvalue weighted by molar-refractivity contribution is 0.263. The van der Waals surface area contributed by atoms with Crippen molar-refractivity contribution >= 4 is 0 Å². The zero-order valence-electron chi connectivity index (χ0n) is 15.4. The van der Waals surface area contributed by atoms with E-state index >= 15 is 0 Å². The van der Waals surface area contributed by atoms with E-state index in [1.165, 1.54) is 16.7 Å². The van der Waals surface area contributed by atoms with Crippen LogP contribution in [0.1, 0.15) is 35.1 Å². The Morgan fingerprint density at radius 3 is 1.67 bits per heavy atom. The highest BCUT2D eigenvalue weighted by atomic mass is 16.3. The summed E-state index contributed by atoms with van der Waals surface area (Å²) in [7, 11) is 0. The van der Waals surface area contributed by atoms with E-state index in [1.54, 1.807) is 0 Å². The highest BCUT2D eigenvalue weighted by Crippen LogP contribution is 2.26. The van der Waals surface area contributed by atoms with Gasteiger partial charge in [0.25, 0.3) is 0 Å². The van der Waals surface area contributed by atoms with Crippen LogP contribution in [0.5, 0.6) is 5.75 Å². The molecule has 3 aromatic rings. The molecule has 0 amide bonds. The number of rotatable bonds is 8. The molecule has 0 aromatic heterocycles. The van der Waals surface area contributed by atoms with Crippen LogP contribution >= 0.6 is 0 Å². The minimum absolute atomic E-state index is 0.00209. The van der Waals surface area contributed by atoms with E-state index in [1.807, 2.05) is 18.2 Å². The molecule has 27 heavy (non-hydrogen) atoms. The summed E-state index contributed by atoms with van der Waals surface area (Å²) in [6.45, 7) is -0.444. The van der Waals surface area contributed by atoms with E-state index in [-0.39, 0.29) is 19.0 Å². The SMILES string of the molecule is OCc1cc(CCCCc2ccc(-c3ccccc3)cc2)cc(CO)c1O. The summed E-state index contributed by atoms with van der Waals surface area (Å²) in [6, 6.07) is 22.7. The van der Waals surface area contributed by atoms with Crippen molar-refractivity contribution in [2.75, 3.05) is 0 Å². The second kappa shape index (κ2) is 9.36. The summed E-state index contributed by atoms with van der Waals surface area (Å²) in [4.78, 5) is 0. The average Bonchev–Trinajstić information content (AvgIpc) is 2.73. The standard InChI is InChI=1S/C24H26O3/c25-16-22-14-19(15-23(17-26)24(22)27)7-5-4-6-18-10-12-21(13-11-18)20-8-2-1-3-9-20/h1-3,8-15,25-27H,4-7,16-17H2. The lowest BCUT2D eigenvalue weighted by Crippen LogP contribution is -1.96. The third-order valence-corrected chi connectivity index (χ3v) is 4.91. The molecule has 0 aliphatic rings. The van der Waals surface area contributed by atoms with Gasteiger partial charge in [-0.25, -0.2) is 0 Å². The Labute approximate surface area is 160 Å². The van der Waals surface area contributed by atoms with Crippen molar-refractivity contribution in [2.45, 2.75) is 38.9 Å². The van der Waals surface area contributed by atoms with Gasteiger partial charge in [0.05, 0.1) is 13.2 Å². The van der Waals surface area contributed by atoms with E-state index in [2.05, 4.69) is 48.5 Å². The predicted octanol–water partition coefficient (Wildman–Crippen LogP) is 4.61.